The van der Waals surface area contributed by atoms with Gasteiger partial charge < -0.3 is 14.8 Å². The van der Waals surface area contributed by atoms with Crippen molar-refractivity contribution in [2.24, 2.45) is 0 Å². The quantitative estimate of drug-likeness (QED) is 0.642. The third-order valence-corrected chi connectivity index (χ3v) is 3.17. The van der Waals surface area contributed by atoms with E-state index in [1.54, 1.807) is 0 Å². The van der Waals surface area contributed by atoms with E-state index < -0.39 is 16.8 Å². The molecule has 21 heavy (non-hydrogen) atoms. The van der Waals surface area contributed by atoms with Crippen LogP contribution in [-0.2, 0) is 0 Å². The highest BCUT2D eigenvalue weighted by atomic mass is 79.9. The van der Waals surface area contributed by atoms with Crippen molar-refractivity contribution >= 4 is 39.2 Å². The van der Waals surface area contributed by atoms with Gasteiger partial charge in [0.25, 0.3) is 11.6 Å². The third kappa shape index (κ3) is 3.26. The first-order valence-electron chi connectivity index (χ1n) is 5.45. The lowest BCUT2D eigenvalue weighted by Crippen LogP contribution is -2.11. The standard InChI is InChI=1S/C12H7BrN2O6/c13-8-2-1-7(15(19)20)4-9(8)14-11(16)10-3-6(5-21-10)12(17)18/h1-5H,(H,14,16)(H,17,18). The molecule has 0 bridgehead atoms. The van der Waals surface area contributed by atoms with Crippen molar-refractivity contribution in [3.05, 3.63) is 56.4 Å². The lowest BCUT2D eigenvalue weighted by atomic mass is 10.2. The summed E-state index contributed by atoms with van der Waals surface area (Å²) in [7, 11) is 0. The normalized spacial score (nSPS) is 10.1. The number of amides is 1. The van der Waals surface area contributed by atoms with Gasteiger partial charge in [0.15, 0.2) is 5.76 Å². The minimum Gasteiger partial charge on any atom is -0.478 e. The Labute approximate surface area is 125 Å². The number of carboxylic acids is 1. The van der Waals surface area contributed by atoms with Gasteiger partial charge in [-0.2, -0.15) is 0 Å². The average Bonchev–Trinajstić information content (AvgIpc) is 2.90. The molecule has 0 aliphatic heterocycles. The highest BCUT2D eigenvalue weighted by molar-refractivity contribution is 9.10. The molecule has 0 spiro atoms. The first kappa shape index (κ1) is 14.7. The zero-order valence-corrected chi connectivity index (χ0v) is 11.8. The Kier molecular flexibility index (Phi) is 4.03. The number of non-ortho nitro benzene ring substituents is 1. The van der Waals surface area contributed by atoms with Crippen molar-refractivity contribution in [1.82, 2.24) is 0 Å². The molecule has 1 aromatic heterocycles. The van der Waals surface area contributed by atoms with E-state index >= 15 is 0 Å². The number of hydrogen-bond donors (Lipinski definition) is 2. The molecular formula is C12H7BrN2O6. The SMILES string of the molecule is O=C(O)c1coc(C(=O)Nc2cc([N+](=O)[O-])ccc2Br)c1. The van der Waals surface area contributed by atoms with Gasteiger partial charge in [-0.05, 0) is 22.0 Å². The highest BCUT2D eigenvalue weighted by Gasteiger charge is 2.17. The van der Waals surface area contributed by atoms with Crippen molar-refractivity contribution in [2.45, 2.75) is 0 Å². The molecule has 0 saturated carbocycles. The maximum absolute atomic E-state index is 11.9. The Balaban J connectivity index is 2.24. The summed E-state index contributed by atoms with van der Waals surface area (Å²) in [6, 6.07) is 4.92. The number of halogens is 1. The zero-order chi connectivity index (χ0) is 15.6. The Hall–Kier alpha value is -2.68. The molecule has 0 fully saturated rings. The minimum atomic E-state index is -1.23. The monoisotopic (exact) mass is 354 g/mol. The maximum Gasteiger partial charge on any atom is 0.338 e. The largest absolute Gasteiger partial charge is 0.478 e. The number of nitrogens with zero attached hydrogens (tertiary/aromatic N) is 1. The smallest absolute Gasteiger partial charge is 0.338 e. The second kappa shape index (κ2) is 5.75. The summed E-state index contributed by atoms with van der Waals surface area (Å²) < 4.78 is 5.27. The molecule has 0 unspecified atom stereocenters. The molecule has 1 aromatic carbocycles. The molecule has 0 aliphatic rings. The number of carbonyl (C=O) groups is 2. The van der Waals surface area contributed by atoms with Crippen LogP contribution in [0, 0.1) is 10.1 Å². The molecule has 2 rings (SSSR count). The number of aromatic carboxylic acids is 1. The fourth-order valence-corrected chi connectivity index (χ4v) is 1.82. The van der Waals surface area contributed by atoms with E-state index in [0.717, 1.165) is 12.3 Å². The number of benzene rings is 1. The van der Waals surface area contributed by atoms with Gasteiger partial charge in [0.2, 0.25) is 0 Å². The van der Waals surface area contributed by atoms with E-state index in [-0.39, 0.29) is 22.7 Å². The second-order valence-electron chi connectivity index (χ2n) is 3.88. The van der Waals surface area contributed by atoms with E-state index in [4.69, 9.17) is 9.52 Å². The van der Waals surface area contributed by atoms with Crippen LogP contribution in [-0.4, -0.2) is 21.9 Å². The number of rotatable bonds is 4. The molecule has 2 N–H and O–H groups in total. The summed E-state index contributed by atoms with van der Waals surface area (Å²) in [5, 5.41) is 21.8. The topological polar surface area (TPSA) is 123 Å². The van der Waals surface area contributed by atoms with E-state index in [1.165, 1.54) is 18.2 Å². The van der Waals surface area contributed by atoms with Gasteiger partial charge in [-0.25, -0.2) is 4.79 Å². The molecule has 0 atom stereocenters. The van der Waals surface area contributed by atoms with Crippen molar-refractivity contribution in [2.75, 3.05) is 5.32 Å². The Bertz CT molecular complexity index is 739. The minimum absolute atomic E-state index is 0.168. The first-order chi connectivity index (χ1) is 9.88. The molecule has 9 heteroatoms. The molecule has 108 valence electrons. The van der Waals surface area contributed by atoms with Crippen molar-refractivity contribution in [3.8, 4) is 0 Å². The zero-order valence-electron chi connectivity index (χ0n) is 10.2. The summed E-state index contributed by atoms with van der Waals surface area (Å²) in [5.74, 6) is -2.16. The first-order valence-corrected chi connectivity index (χ1v) is 6.25. The number of nitro groups is 1. The van der Waals surface area contributed by atoms with Crippen LogP contribution >= 0.6 is 15.9 Å². The van der Waals surface area contributed by atoms with Gasteiger partial charge in [0, 0.05) is 22.7 Å². The Morgan fingerprint density at radius 1 is 1.33 bits per heavy atom. The Morgan fingerprint density at radius 3 is 2.62 bits per heavy atom. The van der Waals surface area contributed by atoms with Gasteiger partial charge in [-0.3, -0.25) is 14.9 Å². The van der Waals surface area contributed by atoms with E-state index in [1.807, 2.05) is 0 Å². The lowest BCUT2D eigenvalue weighted by Gasteiger charge is -2.05. The van der Waals surface area contributed by atoms with Crippen molar-refractivity contribution in [3.63, 3.8) is 0 Å². The maximum atomic E-state index is 11.9. The number of anilines is 1. The van der Waals surface area contributed by atoms with Gasteiger partial charge in [-0.1, -0.05) is 0 Å². The number of carboxylic acid groups (broad SMARTS) is 1. The van der Waals surface area contributed by atoms with Crippen LogP contribution in [0.25, 0.3) is 0 Å². The van der Waals surface area contributed by atoms with Crippen LogP contribution in [0.5, 0.6) is 0 Å². The van der Waals surface area contributed by atoms with Crippen LogP contribution in [0.15, 0.2) is 39.4 Å². The Morgan fingerprint density at radius 2 is 2.05 bits per heavy atom. The number of hydrogen-bond acceptors (Lipinski definition) is 5. The average molecular weight is 355 g/mol. The highest BCUT2D eigenvalue weighted by Crippen LogP contribution is 2.27. The van der Waals surface area contributed by atoms with Crippen LogP contribution in [0.3, 0.4) is 0 Å². The molecule has 2 aromatic rings. The van der Waals surface area contributed by atoms with E-state index in [9.17, 15) is 19.7 Å². The molecular weight excluding hydrogens is 348 g/mol. The third-order valence-electron chi connectivity index (χ3n) is 2.48. The summed E-state index contributed by atoms with van der Waals surface area (Å²) >= 11 is 3.15. The number of furan rings is 1. The van der Waals surface area contributed by atoms with Crippen LogP contribution in [0.4, 0.5) is 11.4 Å². The van der Waals surface area contributed by atoms with Crippen LogP contribution in [0.2, 0.25) is 0 Å². The number of carbonyl (C=O) groups excluding carboxylic acids is 1. The molecule has 1 heterocycles. The fourth-order valence-electron chi connectivity index (χ4n) is 1.47. The van der Waals surface area contributed by atoms with E-state index in [0.29, 0.717) is 4.47 Å². The fraction of sp³-hybridized carbons (Fsp3) is 0. The van der Waals surface area contributed by atoms with Gasteiger partial charge >= 0.3 is 5.97 Å². The molecule has 1 amide bonds. The summed E-state index contributed by atoms with van der Waals surface area (Å²) in [4.78, 5) is 32.7. The molecule has 8 nitrogen and oxygen atoms in total. The van der Waals surface area contributed by atoms with Crippen molar-refractivity contribution < 1.29 is 24.0 Å². The predicted molar refractivity (Wildman–Crippen MR) is 74.4 cm³/mol. The number of nitro benzene ring substituents is 1. The summed E-state index contributed by atoms with van der Waals surface area (Å²) in [6.45, 7) is 0. The van der Waals surface area contributed by atoms with Crippen molar-refractivity contribution in [1.29, 1.82) is 0 Å². The molecule has 0 radical (unpaired) electrons. The second-order valence-corrected chi connectivity index (χ2v) is 4.73. The van der Waals surface area contributed by atoms with Gasteiger partial charge in [0.05, 0.1) is 16.2 Å². The van der Waals surface area contributed by atoms with E-state index in [2.05, 4.69) is 21.2 Å². The number of nitrogens with one attached hydrogen (secondary N) is 1. The lowest BCUT2D eigenvalue weighted by molar-refractivity contribution is -0.384. The van der Waals surface area contributed by atoms with Gasteiger partial charge in [-0.15, -0.1) is 0 Å². The molecule has 0 aliphatic carbocycles. The summed E-state index contributed by atoms with van der Waals surface area (Å²) in [5.41, 5.74) is -0.195. The molecule has 0 saturated heterocycles. The summed E-state index contributed by atoms with van der Waals surface area (Å²) in [6.07, 6.45) is 0.930. The predicted octanol–water partition coefficient (Wildman–Crippen LogP) is 2.90. The van der Waals surface area contributed by atoms with Gasteiger partial charge in [0.1, 0.15) is 6.26 Å². The van der Waals surface area contributed by atoms with Crippen LogP contribution in [0.1, 0.15) is 20.9 Å². The van der Waals surface area contributed by atoms with Crippen LogP contribution < -0.4 is 5.32 Å².